The standard InChI is InChI=1S/C14H28O6/c1-8-12(4,5)17-19-14(10-3,11(15)16)20-18-13(6,7)9-2/h8-10H2,1-7H3,(H,15,16)/p-1. The van der Waals surface area contributed by atoms with E-state index in [0.29, 0.717) is 12.8 Å². The van der Waals surface area contributed by atoms with Gasteiger partial charge in [0.1, 0.15) is 5.97 Å². The third-order valence-corrected chi connectivity index (χ3v) is 3.28. The van der Waals surface area contributed by atoms with Gasteiger partial charge in [0.05, 0.1) is 11.2 Å². The molecule has 0 aromatic carbocycles. The molecule has 0 heterocycles. The summed E-state index contributed by atoms with van der Waals surface area (Å²) in [5.41, 5.74) is -1.28. The van der Waals surface area contributed by atoms with Crippen molar-refractivity contribution in [1.82, 2.24) is 0 Å². The molecule has 20 heavy (non-hydrogen) atoms. The molecule has 0 rings (SSSR count). The number of hydrogen-bond donors (Lipinski definition) is 0. The molecule has 0 aliphatic carbocycles. The smallest absolute Gasteiger partial charge is 0.272 e. The van der Waals surface area contributed by atoms with Gasteiger partial charge in [0, 0.05) is 6.42 Å². The van der Waals surface area contributed by atoms with E-state index < -0.39 is 23.0 Å². The van der Waals surface area contributed by atoms with Gasteiger partial charge in [-0.25, -0.2) is 9.78 Å². The number of hydrogen-bond acceptors (Lipinski definition) is 6. The molecule has 0 saturated carbocycles. The predicted octanol–water partition coefficient (Wildman–Crippen LogP) is 2.12. The molecule has 0 bridgehead atoms. The van der Waals surface area contributed by atoms with Crippen LogP contribution in [0.25, 0.3) is 0 Å². The SMILES string of the molecule is CCC(C)(C)OOC(CC)(OOC(C)(C)CC)C(=O)[O-]. The first-order chi connectivity index (χ1) is 9.04. The summed E-state index contributed by atoms with van der Waals surface area (Å²) >= 11 is 0. The fourth-order valence-corrected chi connectivity index (χ4v) is 0.822. The lowest BCUT2D eigenvalue weighted by molar-refractivity contribution is -0.543. The summed E-state index contributed by atoms with van der Waals surface area (Å²) < 4.78 is 0. The van der Waals surface area contributed by atoms with Crippen LogP contribution in [0.15, 0.2) is 0 Å². The Hall–Kier alpha value is -0.690. The van der Waals surface area contributed by atoms with Crippen molar-refractivity contribution in [3.8, 4) is 0 Å². The second-order valence-corrected chi connectivity index (χ2v) is 5.95. The van der Waals surface area contributed by atoms with Gasteiger partial charge in [0.15, 0.2) is 0 Å². The minimum Gasteiger partial charge on any atom is -0.544 e. The number of carboxylic acids is 1. The number of rotatable bonds is 10. The van der Waals surface area contributed by atoms with E-state index >= 15 is 0 Å². The molecule has 0 N–H and O–H groups in total. The topological polar surface area (TPSA) is 77.0 Å². The van der Waals surface area contributed by atoms with Crippen LogP contribution in [0.3, 0.4) is 0 Å². The molecule has 0 saturated heterocycles. The zero-order valence-electron chi connectivity index (χ0n) is 13.6. The summed E-state index contributed by atoms with van der Waals surface area (Å²) in [4.78, 5) is 31.7. The van der Waals surface area contributed by atoms with Gasteiger partial charge < -0.3 is 9.90 Å². The van der Waals surface area contributed by atoms with Crippen molar-refractivity contribution < 1.29 is 29.5 Å². The normalized spacial score (nSPS) is 13.6. The summed E-state index contributed by atoms with van der Waals surface area (Å²) in [6.07, 6.45) is 1.26. The van der Waals surface area contributed by atoms with Gasteiger partial charge in [0.2, 0.25) is 0 Å². The first kappa shape index (κ1) is 19.3. The van der Waals surface area contributed by atoms with Crippen molar-refractivity contribution in [1.29, 1.82) is 0 Å². The van der Waals surface area contributed by atoms with E-state index in [0.717, 1.165) is 0 Å². The van der Waals surface area contributed by atoms with Crippen LogP contribution in [0, 0.1) is 0 Å². The lowest BCUT2D eigenvalue weighted by Crippen LogP contribution is -2.54. The second-order valence-electron chi connectivity index (χ2n) is 5.95. The lowest BCUT2D eigenvalue weighted by atomic mass is 10.1. The molecular formula is C14H27O6-. The van der Waals surface area contributed by atoms with E-state index in [2.05, 4.69) is 0 Å². The molecule has 0 unspecified atom stereocenters. The highest BCUT2D eigenvalue weighted by molar-refractivity contribution is 5.73. The molecule has 0 aromatic rings. The van der Waals surface area contributed by atoms with Gasteiger partial charge in [0.25, 0.3) is 5.79 Å². The summed E-state index contributed by atoms with van der Waals surface area (Å²) in [7, 11) is 0. The summed E-state index contributed by atoms with van der Waals surface area (Å²) in [5, 5.41) is 11.3. The Bertz CT molecular complexity index is 291. The van der Waals surface area contributed by atoms with Crippen LogP contribution in [-0.2, 0) is 24.3 Å². The van der Waals surface area contributed by atoms with Crippen molar-refractivity contribution in [2.45, 2.75) is 84.7 Å². The van der Waals surface area contributed by atoms with Gasteiger partial charge in [-0.15, -0.1) is 0 Å². The Balaban J connectivity index is 4.89. The van der Waals surface area contributed by atoms with E-state index in [1.807, 2.05) is 13.8 Å². The molecule has 0 aliphatic heterocycles. The van der Waals surface area contributed by atoms with E-state index in [4.69, 9.17) is 19.6 Å². The van der Waals surface area contributed by atoms with E-state index in [-0.39, 0.29) is 6.42 Å². The van der Waals surface area contributed by atoms with Gasteiger partial charge >= 0.3 is 0 Å². The average molecular weight is 291 g/mol. The van der Waals surface area contributed by atoms with Crippen molar-refractivity contribution in [2.75, 3.05) is 0 Å². The van der Waals surface area contributed by atoms with Crippen molar-refractivity contribution in [3.05, 3.63) is 0 Å². The molecule has 0 aromatic heterocycles. The molecule has 0 fully saturated rings. The number of carboxylic acid groups (broad SMARTS) is 1. The largest absolute Gasteiger partial charge is 0.544 e. The third-order valence-electron chi connectivity index (χ3n) is 3.28. The Morgan fingerprint density at radius 2 is 1.15 bits per heavy atom. The maximum absolute atomic E-state index is 11.3. The quantitative estimate of drug-likeness (QED) is 0.348. The van der Waals surface area contributed by atoms with Crippen molar-refractivity contribution in [2.24, 2.45) is 0 Å². The lowest BCUT2D eigenvalue weighted by Gasteiger charge is -2.36. The predicted molar refractivity (Wildman–Crippen MR) is 71.1 cm³/mol. The maximum Gasteiger partial charge on any atom is 0.272 e. The number of carbonyl (C=O) groups excluding carboxylic acids is 1. The van der Waals surface area contributed by atoms with E-state index in [1.54, 1.807) is 34.6 Å². The van der Waals surface area contributed by atoms with Crippen LogP contribution >= 0.6 is 0 Å². The molecular weight excluding hydrogens is 264 g/mol. The highest BCUT2D eigenvalue weighted by Crippen LogP contribution is 2.26. The second kappa shape index (κ2) is 7.36. The minimum atomic E-state index is -2.08. The highest BCUT2D eigenvalue weighted by atomic mass is 17.3. The van der Waals surface area contributed by atoms with Gasteiger partial charge in [-0.1, -0.05) is 20.8 Å². The molecule has 6 heteroatoms. The van der Waals surface area contributed by atoms with E-state index in [1.165, 1.54) is 0 Å². The third kappa shape index (κ3) is 5.75. The van der Waals surface area contributed by atoms with E-state index in [9.17, 15) is 9.90 Å². The monoisotopic (exact) mass is 291 g/mol. The highest BCUT2D eigenvalue weighted by Gasteiger charge is 2.39. The fourth-order valence-electron chi connectivity index (χ4n) is 0.822. The minimum absolute atomic E-state index is 0.0189. The molecule has 6 nitrogen and oxygen atoms in total. The van der Waals surface area contributed by atoms with Crippen molar-refractivity contribution >= 4 is 5.97 Å². The Kier molecular flexibility index (Phi) is 7.10. The molecule has 0 radical (unpaired) electrons. The van der Waals surface area contributed by atoms with Gasteiger partial charge in [-0.2, -0.15) is 9.78 Å². The van der Waals surface area contributed by atoms with Crippen LogP contribution in [-0.4, -0.2) is 23.0 Å². The van der Waals surface area contributed by atoms with Crippen LogP contribution in [0.1, 0.15) is 67.7 Å². The average Bonchev–Trinajstić information content (AvgIpc) is 2.39. The van der Waals surface area contributed by atoms with Crippen molar-refractivity contribution in [3.63, 3.8) is 0 Å². The zero-order valence-corrected chi connectivity index (χ0v) is 13.6. The summed E-state index contributed by atoms with van der Waals surface area (Å²) in [6.45, 7) is 12.5. The molecule has 0 spiro atoms. The first-order valence-electron chi connectivity index (χ1n) is 6.99. The Morgan fingerprint density at radius 3 is 1.35 bits per heavy atom. The van der Waals surface area contributed by atoms with Crippen LogP contribution in [0.5, 0.6) is 0 Å². The molecule has 0 atom stereocenters. The Labute approximate surface area is 121 Å². The summed E-state index contributed by atoms with van der Waals surface area (Å²) in [5.74, 6) is -3.63. The maximum atomic E-state index is 11.3. The van der Waals surface area contributed by atoms with Gasteiger partial charge in [-0.05, 0) is 40.5 Å². The molecule has 120 valence electrons. The number of aliphatic carboxylic acids is 1. The van der Waals surface area contributed by atoms with Crippen LogP contribution < -0.4 is 5.11 Å². The zero-order chi connectivity index (χ0) is 16.0. The number of carbonyl (C=O) groups is 1. The Morgan fingerprint density at radius 1 is 0.800 bits per heavy atom. The van der Waals surface area contributed by atoms with Gasteiger partial charge in [-0.3, -0.25) is 0 Å². The molecule has 0 amide bonds. The first-order valence-corrected chi connectivity index (χ1v) is 6.99. The van der Waals surface area contributed by atoms with Crippen LogP contribution in [0.4, 0.5) is 0 Å². The fraction of sp³-hybridized carbons (Fsp3) is 0.929. The molecule has 0 aliphatic rings. The summed E-state index contributed by atoms with van der Waals surface area (Å²) in [6, 6.07) is 0. The van der Waals surface area contributed by atoms with Crippen LogP contribution in [0.2, 0.25) is 0 Å².